The molecule has 1 aromatic heterocycles. The van der Waals surface area contributed by atoms with Crippen molar-refractivity contribution in [3.05, 3.63) is 42.2 Å². The largest absolute Gasteiger partial charge is 0.296 e. The van der Waals surface area contributed by atoms with Crippen LogP contribution >= 0.6 is 0 Å². The van der Waals surface area contributed by atoms with Crippen LogP contribution in [0.5, 0.6) is 0 Å². The van der Waals surface area contributed by atoms with Crippen molar-refractivity contribution in [3.63, 3.8) is 0 Å². The highest BCUT2D eigenvalue weighted by Gasteiger charge is 2.00. The summed E-state index contributed by atoms with van der Waals surface area (Å²) in [4.78, 5) is 6.39. The molecule has 14 heavy (non-hydrogen) atoms. The molecule has 0 radical (unpaired) electrons. The van der Waals surface area contributed by atoms with Gasteiger partial charge in [0.25, 0.3) is 0 Å². The fourth-order valence-corrected chi connectivity index (χ4v) is 1.31. The average Bonchev–Trinajstić information content (AvgIpc) is 2.25. The molecule has 2 nitrogen and oxygen atoms in total. The lowest BCUT2D eigenvalue weighted by molar-refractivity contribution is 0.311. The highest BCUT2D eigenvalue weighted by atomic mass is 15.1. The van der Waals surface area contributed by atoms with Crippen molar-refractivity contribution in [3.8, 4) is 0 Å². The molecule has 0 aliphatic carbocycles. The summed E-state index contributed by atoms with van der Waals surface area (Å²) in [6, 6.07) is 4.14. The molecule has 0 aliphatic rings. The maximum Gasteiger partial charge on any atom is 0.0271 e. The molecule has 0 aromatic carbocycles. The fourth-order valence-electron chi connectivity index (χ4n) is 1.31. The third-order valence-electron chi connectivity index (χ3n) is 2.20. The summed E-state index contributed by atoms with van der Waals surface area (Å²) in [7, 11) is 0. The highest BCUT2D eigenvalue weighted by molar-refractivity contribution is 5.09. The highest BCUT2D eigenvalue weighted by Crippen LogP contribution is 2.02. The molecule has 2 heteroatoms. The number of rotatable bonds is 5. The van der Waals surface area contributed by atoms with Gasteiger partial charge in [0, 0.05) is 25.5 Å². The van der Waals surface area contributed by atoms with Gasteiger partial charge in [-0.15, -0.1) is 0 Å². The SMILES string of the molecule is C/C=C/CN(CC)Cc1ccncc1. The van der Waals surface area contributed by atoms with E-state index in [1.807, 2.05) is 12.4 Å². The zero-order valence-electron chi connectivity index (χ0n) is 8.98. The summed E-state index contributed by atoms with van der Waals surface area (Å²) in [5.41, 5.74) is 1.33. The van der Waals surface area contributed by atoms with E-state index in [4.69, 9.17) is 0 Å². The van der Waals surface area contributed by atoms with Crippen LogP contribution in [-0.4, -0.2) is 23.0 Å². The number of pyridine rings is 1. The first-order valence-electron chi connectivity index (χ1n) is 5.09. The summed E-state index contributed by atoms with van der Waals surface area (Å²) in [5.74, 6) is 0. The van der Waals surface area contributed by atoms with Gasteiger partial charge in [0.1, 0.15) is 0 Å². The molecule has 0 aliphatic heterocycles. The van der Waals surface area contributed by atoms with Crippen molar-refractivity contribution < 1.29 is 0 Å². The van der Waals surface area contributed by atoms with Crippen molar-refractivity contribution in [2.45, 2.75) is 20.4 Å². The zero-order valence-corrected chi connectivity index (χ0v) is 8.98. The first kappa shape index (κ1) is 10.9. The van der Waals surface area contributed by atoms with E-state index in [0.29, 0.717) is 0 Å². The normalized spacial score (nSPS) is 11.4. The number of aromatic nitrogens is 1. The van der Waals surface area contributed by atoms with Crippen molar-refractivity contribution in [2.75, 3.05) is 13.1 Å². The van der Waals surface area contributed by atoms with Gasteiger partial charge in [-0.2, -0.15) is 0 Å². The molecule has 1 aromatic rings. The number of nitrogens with zero attached hydrogens (tertiary/aromatic N) is 2. The lowest BCUT2D eigenvalue weighted by Gasteiger charge is -2.18. The van der Waals surface area contributed by atoms with E-state index in [-0.39, 0.29) is 0 Å². The molecule has 76 valence electrons. The molecule has 0 fully saturated rings. The van der Waals surface area contributed by atoms with Gasteiger partial charge in [-0.05, 0) is 31.2 Å². The summed E-state index contributed by atoms with van der Waals surface area (Å²) in [5, 5.41) is 0. The van der Waals surface area contributed by atoms with E-state index in [1.54, 1.807) is 0 Å². The second kappa shape index (κ2) is 6.33. The molecule has 0 unspecified atom stereocenters. The maximum absolute atomic E-state index is 4.01. The Morgan fingerprint density at radius 2 is 2.07 bits per heavy atom. The third-order valence-corrected chi connectivity index (χ3v) is 2.20. The van der Waals surface area contributed by atoms with Crippen LogP contribution < -0.4 is 0 Å². The van der Waals surface area contributed by atoms with E-state index in [0.717, 1.165) is 19.6 Å². The van der Waals surface area contributed by atoms with Crippen molar-refractivity contribution in [2.24, 2.45) is 0 Å². The summed E-state index contributed by atoms with van der Waals surface area (Å²) < 4.78 is 0. The Bertz CT molecular complexity index is 267. The third kappa shape index (κ3) is 3.71. The maximum atomic E-state index is 4.01. The van der Waals surface area contributed by atoms with Crippen LogP contribution in [0.4, 0.5) is 0 Å². The number of hydrogen-bond acceptors (Lipinski definition) is 2. The van der Waals surface area contributed by atoms with Gasteiger partial charge in [-0.3, -0.25) is 9.88 Å². The van der Waals surface area contributed by atoms with E-state index >= 15 is 0 Å². The Hall–Kier alpha value is -1.15. The Kier molecular flexibility index (Phi) is 4.94. The molecule has 0 atom stereocenters. The molecular formula is C12H18N2. The molecule has 0 saturated heterocycles. The first-order valence-corrected chi connectivity index (χ1v) is 5.09. The van der Waals surface area contributed by atoms with Crippen molar-refractivity contribution in [1.82, 2.24) is 9.88 Å². The predicted molar refractivity (Wildman–Crippen MR) is 60.0 cm³/mol. The summed E-state index contributed by atoms with van der Waals surface area (Å²) in [6.45, 7) is 7.34. The van der Waals surface area contributed by atoms with Crippen molar-refractivity contribution >= 4 is 0 Å². The second-order valence-corrected chi connectivity index (χ2v) is 3.25. The van der Waals surface area contributed by atoms with Crippen LogP contribution in [0.2, 0.25) is 0 Å². The van der Waals surface area contributed by atoms with Crippen LogP contribution in [-0.2, 0) is 6.54 Å². The standard InChI is InChI=1S/C12H18N2/c1-3-5-10-14(4-2)11-12-6-8-13-9-7-12/h3,5-9H,4,10-11H2,1-2H3/b5-3+. The molecule has 0 spiro atoms. The average molecular weight is 190 g/mol. The number of hydrogen-bond donors (Lipinski definition) is 0. The van der Waals surface area contributed by atoms with Gasteiger partial charge >= 0.3 is 0 Å². The Morgan fingerprint density at radius 1 is 1.36 bits per heavy atom. The van der Waals surface area contributed by atoms with Gasteiger partial charge in [-0.1, -0.05) is 19.1 Å². The fraction of sp³-hybridized carbons (Fsp3) is 0.417. The quantitative estimate of drug-likeness (QED) is 0.663. The van der Waals surface area contributed by atoms with Gasteiger partial charge in [0.15, 0.2) is 0 Å². The van der Waals surface area contributed by atoms with Crippen LogP contribution in [0.3, 0.4) is 0 Å². The molecule has 0 N–H and O–H groups in total. The smallest absolute Gasteiger partial charge is 0.0271 e. The molecule has 1 heterocycles. The molecule has 1 rings (SSSR count). The molecule has 0 bridgehead atoms. The van der Waals surface area contributed by atoms with Gasteiger partial charge in [0.2, 0.25) is 0 Å². The van der Waals surface area contributed by atoms with E-state index < -0.39 is 0 Å². The van der Waals surface area contributed by atoms with E-state index in [9.17, 15) is 0 Å². The van der Waals surface area contributed by atoms with Crippen LogP contribution in [0, 0.1) is 0 Å². The minimum Gasteiger partial charge on any atom is -0.296 e. The van der Waals surface area contributed by atoms with E-state index in [2.05, 4.69) is 48.0 Å². The van der Waals surface area contributed by atoms with Crippen LogP contribution in [0.15, 0.2) is 36.7 Å². The molecular weight excluding hydrogens is 172 g/mol. The second-order valence-electron chi connectivity index (χ2n) is 3.25. The summed E-state index contributed by atoms with van der Waals surface area (Å²) in [6.07, 6.45) is 7.97. The zero-order chi connectivity index (χ0) is 10.2. The monoisotopic (exact) mass is 190 g/mol. The predicted octanol–water partition coefficient (Wildman–Crippen LogP) is 2.48. The lowest BCUT2D eigenvalue weighted by Crippen LogP contribution is -2.22. The summed E-state index contributed by atoms with van der Waals surface area (Å²) >= 11 is 0. The Labute approximate surface area is 86.3 Å². The van der Waals surface area contributed by atoms with Crippen LogP contribution in [0.1, 0.15) is 19.4 Å². The topological polar surface area (TPSA) is 16.1 Å². The van der Waals surface area contributed by atoms with Crippen molar-refractivity contribution in [1.29, 1.82) is 0 Å². The minimum absolute atomic E-state index is 1.00. The lowest BCUT2D eigenvalue weighted by atomic mass is 10.2. The molecule has 0 saturated carbocycles. The van der Waals surface area contributed by atoms with Gasteiger partial charge in [-0.25, -0.2) is 0 Å². The Balaban J connectivity index is 2.48. The van der Waals surface area contributed by atoms with Gasteiger partial charge in [0.05, 0.1) is 0 Å². The first-order chi connectivity index (χ1) is 6.86. The minimum atomic E-state index is 1.00. The van der Waals surface area contributed by atoms with E-state index in [1.165, 1.54) is 5.56 Å². The Morgan fingerprint density at radius 3 is 2.64 bits per heavy atom. The van der Waals surface area contributed by atoms with Gasteiger partial charge < -0.3 is 0 Å². The molecule has 0 amide bonds. The van der Waals surface area contributed by atoms with Crippen LogP contribution in [0.25, 0.3) is 0 Å². The number of allylic oxidation sites excluding steroid dienone is 1. The number of likely N-dealkylation sites (N-methyl/N-ethyl adjacent to an activating group) is 1.